The Bertz CT molecular complexity index is 378. The number of imidazole rings is 1. The van der Waals surface area contributed by atoms with Crippen LogP contribution in [-0.4, -0.2) is 21.3 Å². The third-order valence-electron chi connectivity index (χ3n) is 2.20. The van der Waals surface area contributed by atoms with Crippen molar-refractivity contribution in [2.24, 2.45) is 0 Å². The Kier molecular flexibility index (Phi) is 4.04. The molecular formula is C9H13ClN2O2S. The summed E-state index contributed by atoms with van der Waals surface area (Å²) in [5.41, 5.74) is 1.99. The smallest absolute Gasteiger partial charge is 0.303 e. The lowest BCUT2D eigenvalue weighted by molar-refractivity contribution is -0.142. The van der Waals surface area contributed by atoms with Crippen molar-refractivity contribution in [3.63, 3.8) is 0 Å². The first-order valence-corrected chi connectivity index (χ1v) is 5.49. The Labute approximate surface area is 98.8 Å². The van der Waals surface area contributed by atoms with E-state index in [1.54, 1.807) is 11.8 Å². The molecule has 0 spiro atoms. The van der Waals surface area contributed by atoms with Gasteiger partial charge in [-0.05, 0) is 6.92 Å². The maximum absolute atomic E-state index is 10.7. The van der Waals surface area contributed by atoms with Crippen LogP contribution in [0.4, 0.5) is 0 Å². The lowest BCUT2D eigenvalue weighted by atomic mass is 10.3. The predicted octanol–water partition coefficient (Wildman–Crippen LogP) is 1.78. The van der Waals surface area contributed by atoms with Gasteiger partial charge in [-0.15, -0.1) is 12.4 Å². The molecule has 6 heteroatoms. The third-order valence-corrected chi connectivity index (χ3v) is 3.15. The number of carbonyl (C=O) groups is 1. The van der Waals surface area contributed by atoms with E-state index >= 15 is 0 Å². The van der Waals surface area contributed by atoms with Gasteiger partial charge in [0.25, 0.3) is 0 Å². The number of ether oxygens (including phenoxy) is 1. The molecule has 0 saturated carbocycles. The highest BCUT2D eigenvalue weighted by Gasteiger charge is 2.19. The second kappa shape index (κ2) is 4.90. The van der Waals surface area contributed by atoms with Crippen LogP contribution in [-0.2, 0) is 22.7 Å². The minimum Gasteiger partial charge on any atom is -0.459 e. The quantitative estimate of drug-likeness (QED) is 0.749. The summed E-state index contributed by atoms with van der Waals surface area (Å²) in [6, 6.07) is 0. The van der Waals surface area contributed by atoms with Crippen LogP contribution in [0.5, 0.6) is 0 Å². The van der Waals surface area contributed by atoms with Crippen molar-refractivity contribution < 1.29 is 9.53 Å². The van der Waals surface area contributed by atoms with Crippen molar-refractivity contribution in [2.45, 2.75) is 32.2 Å². The number of halogens is 1. The van der Waals surface area contributed by atoms with E-state index in [4.69, 9.17) is 4.74 Å². The highest BCUT2D eigenvalue weighted by Crippen LogP contribution is 2.28. The SMILES string of the molecule is CC(=O)OCc1c(C)nc2n1CCS2.Cl. The summed E-state index contributed by atoms with van der Waals surface area (Å²) in [4.78, 5) is 15.1. The van der Waals surface area contributed by atoms with E-state index in [2.05, 4.69) is 9.55 Å². The van der Waals surface area contributed by atoms with Gasteiger partial charge in [-0.3, -0.25) is 4.79 Å². The fourth-order valence-electron chi connectivity index (χ4n) is 1.50. The van der Waals surface area contributed by atoms with Crippen LogP contribution < -0.4 is 0 Å². The molecule has 4 nitrogen and oxygen atoms in total. The minimum absolute atomic E-state index is 0. The topological polar surface area (TPSA) is 44.1 Å². The molecule has 15 heavy (non-hydrogen) atoms. The van der Waals surface area contributed by atoms with Crippen LogP contribution in [0.15, 0.2) is 5.16 Å². The average Bonchev–Trinajstić information content (AvgIpc) is 2.61. The van der Waals surface area contributed by atoms with Crippen LogP contribution in [0, 0.1) is 6.92 Å². The number of nitrogens with zero attached hydrogens (tertiary/aromatic N) is 2. The van der Waals surface area contributed by atoms with Gasteiger partial charge in [0.1, 0.15) is 6.61 Å². The second-order valence-electron chi connectivity index (χ2n) is 3.21. The highest BCUT2D eigenvalue weighted by atomic mass is 35.5. The normalized spacial score (nSPS) is 13.2. The molecule has 84 valence electrons. The number of esters is 1. The number of rotatable bonds is 2. The lowest BCUT2D eigenvalue weighted by Crippen LogP contribution is -2.06. The van der Waals surface area contributed by atoms with Gasteiger partial charge in [0.05, 0.1) is 11.4 Å². The summed E-state index contributed by atoms with van der Waals surface area (Å²) < 4.78 is 7.11. The van der Waals surface area contributed by atoms with E-state index < -0.39 is 0 Å². The average molecular weight is 249 g/mol. The van der Waals surface area contributed by atoms with Crippen LogP contribution in [0.3, 0.4) is 0 Å². The second-order valence-corrected chi connectivity index (χ2v) is 4.27. The summed E-state index contributed by atoms with van der Waals surface area (Å²) in [6.07, 6.45) is 0. The minimum atomic E-state index is -0.245. The fraction of sp³-hybridized carbons (Fsp3) is 0.556. The standard InChI is InChI=1S/C9H12N2O2S.ClH/c1-6-8(5-13-7(2)12)11-3-4-14-9(11)10-6;/h3-5H2,1-2H3;1H. The van der Waals surface area contributed by atoms with Gasteiger partial charge in [-0.1, -0.05) is 11.8 Å². The monoisotopic (exact) mass is 248 g/mol. The van der Waals surface area contributed by atoms with Gasteiger partial charge in [-0.2, -0.15) is 0 Å². The van der Waals surface area contributed by atoms with Gasteiger partial charge in [0.2, 0.25) is 0 Å². The van der Waals surface area contributed by atoms with E-state index in [-0.39, 0.29) is 18.4 Å². The van der Waals surface area contributed by atoms with Crippen LogP contribution in [0.25, 0.3) is 0 Å². The van der Waals surface area contributed by atoms with Crippen molar-refractivity contribution >= 4 is 30.1 Å². The predicted molar refractivity (Wildman–Crippen MR) is 60.4 cm³/mol. The molecule has 1 aromatic rings. The first-order chi connectivity index (χ1) is 6.68. The number of thioether (sulfide) groups is 1. The van der Waals surface area contributed by atoms with Crippen LogP contribution in [0.1, 0.15) is 18.3 Å². The van der Waals surface area contributed by atoms with Gasteiger partial charge < -0.3 is 9.30 Å². The van der Waals surface area contributed by atoms with Crippen molar-refractivity contribution in [3.8, 4) is 0 Å². The maximum atomic E-state index is 10.7. The zero-order valence-corrected chi connectivity index (χ0v) is 10.3. The Morgan fingerprint density at radius 2 is 2.40 bits per heavy atom. The number of aromatic nitrogens is 2. The first-order valence-electron chi connectivity index (χ1n) is 4.50. The Balaban J connectivity index is 0.00000112. The highest BCUT2D eigenvalue weighted by molar-refractivity contribution is 7.99. The number of aryl methyl sites for hydroxylation is 1. The molecular weight excluding hydrogens is 236 g/mol. The van der Waals surface area contributed by atoms with Crippen molar-refractivity contribution in [2.75, 3.05) is 5.75 Å². The molecule has 2 heterocycles. The Morgan fingerprint density at radius 3 is 3.07 bits per heavy atom. The zero-order chi connectivity index (χ0) is 10.1. The molecule has 0 saturated heterocycles. The summed E-state index contributed by atoms with van der Waals surface area (Å²) in [5, 5.41) is 1.05. The maximum Gasteiger partial charge on any atom is 0.303 e. The Hall–Kier alpha value is -0.680. The lowest BCUT2D eigenvalue weighted by Gasteiger charge is -2.05. The summed E-state index contributed by atoms with van der Waals surface area (Å²) in [5.74, 6) is 0.820. The largest absolute Gasteiger partial charge is 0.459 e. The van der Waals surface area contributed by atoms with Gasteiger partial charge in [0, 0.05) is 19.2 Å². The van der Waals surface area contributed by atoms with Gasteiger partial charge >= 0.3 is 5.97 Å². The van der Waals surface area contributed by atoms with E-state index in [1.165, 1.54) is 6.92 Å². The molecule has 0 aromatic carbocycles. The molecule has 0 aliphatic carbocycles. The molecule has 0 atom stereocenters. The fourth-order valence-corrected chi connectivity index (χ4v) is 2.52. The molecule has 1 aromatic heterocycles. The summed E-state index contributed by atoms with van der Waals surface area (Å²) in [6.45, 7) is 4.68. The molecule has 1 aliphatic heterocycles. The van der Waals surface area contributed by atoms with E-state index in [9.17, 15) is 4.79 Å². The molecule has 1 aliphatic rings. The number of hydrogen-bond donors (Lipinski definition) is 0. The molecule has 0 amide bonds. The molecule has 0 fully saturated rings. The third kappa shape index (κ3) is 2.46. The molecule has 0 radical (unpaired) electrons. The van der Waals surface area contributed by atoms with E-state index in [0.29, 0.717) is 6.61 Å². The van der Waals surface area contributed by atoms with E-state index in [1.807, 2.05) is 6.92 Å². The summed E-state index contributed by atoms with van der Waals surface area (Å²) >= 11 is 1.75. The first kappa shape index (κ1) is 12.4. The van der Waals surface area contributed by atoms with Crippen molar-refractivity contribution in [1.29, 1.82) is 0 Å². The van der Waals surface area contributed by atoms with E-state index in [0.717, 1.165) is 28.8 Å². The number of carbonyl (C=O) groups excluding carboxylic acids is 1. The number of hydrogen-bond acceptors (Lipinski definition) is 4. The van der Waals surface area contributed by atoms with Gasteiger partial charge in [-0.25, -0.2) is 4.98 Å². The number of fused-ring (bicyclic) bond motifs is 1. The Morgan fingerprint density at radius 1 is 1.67 bits per heavy atom. The van der Waals surface area contributed by atoms with Gasteiger partial charge in [0.15, 0.2) is 5.16 Å². The molecule has 2 rings (SSSR count). The molecule has 0 N–H and O–H groups in total. The zero-order valence-electron chi connectivity index (χ0n) is 8.65. The van der Waals surface area contributed by atoms with Crippen LogP contribution >= 0.6 is 24.2 Å². The molecule has 0 unspecified atom stereocenters. The van der Waals surface area contributed by atoms with Crippen molar-refractivity contribution in [3.05, 3.63) is 11.4 Å². The van der Waals surface area contributed by atoms with Crippen LogP contribution in [0.2, 0.25) is 0 Å². The summed E-state index contributed by atoms with van der Waals surface area (Å²) in [7, 11) is 0. The molecule has 0 bridgehead atoms. The van der Waals surface area contributed by atoms with Crippen molar-refractivity contribution in [1.82, 2.24) is 9.55 Å².